The third-order valence-corrected chi connectivity index (χ3v) is 4.03. The molecule has 0 atom stereocenters. The van der Waals surface area contributed by atoms with Crippen molar-refractivity contribution in [3.05, 3.63) is 83.7 Å². The van der Waals surface area contributed by atoms with Crippen LogP contribution in [-0.4, -0.2) is 22.3 Å². The first kappa shape index (κ1) is 15.2. The highest BCUT2D eigenvalue weighted by Crippen LogP contribution is 2.25. The Labute approximate surface area is 145 Å². The van der Waals surface area contributed by atoms with Crippen molar-refractivity contribution in [3.8, 4) is 11.4 Å². The van der Waals surface area contributed by atoms with Crippen LogP contribution in [0.5, 0.6) is 5.75 Å². The van der Waals surface area contributed by atoms with Crippen molar-refractivity contribution in [1.82, 2.24) is 15.1 Å². The molecule has 0 radical (unpaired) electrons. The van der Waals surface area contributed by atoms with Gasteiger partial charge in [-0.2, -0.15) is 5.10 Å². The second-order valence-corrected chi connectivity index (χ2v) is 5.81. The standard InChI is InChI=1S/C20H17N3O2/c24-20(17-10-16-6-4-5-9-19(16)25-14-17)21-11-15-12-22-23(13-15)18-7-2-1-3-8-18/h1-10,12-13H,11,14H2,(H,21,24). The molecular weight excluding hydrogens is 314 g/mol. The van der Waals surface area contributed by atoms with E-state index in [1.54, 1.807) is 10.9 Å². The number of carbonyl (C=O) groups excluding carboxylic acids is 1. The van der Waals surface area contributed by atoms with E-state index >= 15 is 0 Å². The van der Waals surface area contributed by atoms with Crippen LogP contribution >= 0.6 is 0 Å². The van der Waals surface area contributed by atoms with Crippen LogP contribution in [0.2, 0.25) is 0 Å². The number of aromatic nitrogens is 2. The lowest BCUT2D eigenvalue weighted by Gasteiger charge is -2.17. The predicted molar refractivity (Wildman–Crippen MR) is 95.3 cm³/mol. The van der Waals surface area contributed by atoms with E-state index in [4.69, 9.17) is 4.74 Å². The lowest BCUT2D eigenvalue weighted by molar-refractivity contribution is -0.117. The number of benzene rings is 2. The number of para-hydroxylation sites is 2. The SMILES string of the molecule is O=C(NCc1cnn(-c2ccccc2)c1)C1=Cc2ccccc2OC1. The molecule has 1 aromatic heterocycles. The Hall–Kier alpha value is -3.34. The van der Waals surface area contributed by atoms with Gasteiger partial charge in [0.05, 0.1) is 17.5 Å². The molecule has 1 amide bonds. The smallest absolute Gasteiger partial charge is 0.250 e. The van der Waals surface area contributed by atoms with Gasteiger partial charge < -0.3 is 10.1 Å². The number of hydrogen-bond acceptors (Lipinski definition) is 3. The molecule has 3 aromatic rings. The topological polar surface area (TPSA) is 56.2 Å². The number of hydrogen-bond donors (Lipinski definition) is 1. The van der Waals surface area contributed by atoms with Gasteiger partial charge in [-0.1, -0.05) is 36.4 Å². The highest BCUT2D eigenvalue weighted by atomic mass is 16.5. The Morgan fingerprint density at radius 1 is 1.12 bits per heavy atom. The summed E-state index contributed by atoms with van der Waals surface area (Å²) in [7, 11) is 0. The molecule has 0 spiro atoms. The monoisotopic (exact) mass is 331 g/mol. The lowest BCUT2D eigenvalue weighted by Crippen LogP contribution is -2.28. The summed E-state index contributed by atoms with van der Waals surface area (Å²) in [5, 5.41) is 7.26. The Bertz CT molecular complexity index is 929. The fourth-order valence-corrected chi connectivity index (χ4v) is 2.72. The van der Waals surface area contributed by atoms with Gasteiger partial charge in [0.2, 0.25) is 0 Å². The van der Waals surface area contributed by atoms with Crippen LogP contribution in [-0.2, 0) is 11.3 Å². The molecule has 124 valence electrons. The average molecular weight is 331 g/mol. The molecule has 1 aliphatic rings. The molecule has 4 rings (SSSR count). The summed E-state index contributed by atoms with van der Waals surface area (Å²) < 4.78 is 7.42. The van der Waals surface area contributed by atoms with Gasteiger partial charge in [-0.15, -0.1) is 0 Å². The second kappa shape index (κ2) is 6.65. The number of nitrogens with one attached hydrogen (secondary N) is 1. The van der Waals surface area contributed by atoms with E-state index in [1.807, 2.05) is 66.9 Å². The van der Waals surface area contributed by atoms with Crippen molar-refractivity contribution in [3.63, 3.8) is 0 Å². The molecule has 0 saturated heterocycles. The second-order valence-electron chi connectivity index (χ2n) is 5.81. The normalized spacial score (nSPS) is 12.7. The van der Waals surface area contributed by atoms with Crippen LogP contribution in [0.1, 0.15) is 11.1 Å². The molecular formula is C20H17N3O2. The van der Waals surface area contributed by atoms with Gasteiger partial charge in [-0.25, -0.2) is 4.68 Å². The van der Waals surface area contributed by atoms with Gasteiger partial charge in [-0.05, 0) is 24.3 Å². The van der Waals surface area contributed by atoms with E-state index in [0.29, 0.717) is 12.1 Å². The first-order chi connectivity index (χ1) is 12.3. The zero-order chi connectivity index (χ0) is 17.1. The molecule has 2 aromatic carbocycles. The van der Waals surface area contributed by atoms with Gasteiger partial charge >= 0.3 is 0 Å². The lowest BCUT2D eigenvalue weighted by atomic mass is 10.1. The summed E-state index contributed by atoms with van der Waals surface area (Å²) in [6, 6.07) is 17.5. The summed E-state index contributed by atoms with van der Waals surface area (Å²) >= 11 is 0. The maximum atomic E-state index is 12.4. The first-order valence-electron chi connectivity index (χ1n) is 8.09. The largest absolute Gasteiger partial charge is 0.488 e. The van der Waals surface area contributed by atoms with Crippen LogP contribution < -0.4 is 10.1 Å². The molecule has 5 nitrogen and oxygen atoms in total. The molecule has 0 fully saturated rings. The van der Waals surface area contributed by atoms with Gasteiger partial charge in [0, 0.05) is 23.9 Å². The molecule has 0 bridgehead atoms. The molecule has 0 saturated carbocycles. The highest BCUT2D eigenvalue weighted by Gasteiger charge is 2.16. The zero-order valence-electron chi connectivity index (χ0n) is 13.6. The van der Waals surface area contributed by atoms with Crippen molar-refractivity contribution >= 4 is 12.0 Å². The number of amides is 1. The highest BCUT2D eigenvalue weighted by molar-refractivity contribution is 5.99. The summed E-state index contributed by atoms with van der Waals surface area (Å²) in [5.41, 5.74) is 3.47. The van der Waals surface area contributed by atoms with E-state index in [0.717, 1.165) is 22.6 Å². The molecule has 1 aliphatic heterocycles. The van der Waals surface area contributed by atoms with E-state index in [2.05, 4.69) is 10.4 Å². The first-order valence-corrected chi connectivity index (χ1v) is 8.09. The molecule has 0 aliphatic carbocycles. The number of carbonyl (C=O) groups is 1. The molecule has 1 N–H and O–H groups in total. The third kappa shape index (κ3) is 3.30. The Morgan fingerprint density at radius 2 is 1.92 bits per heavy atom. The van der Waals surface area contributed by atoms with Crippen molar-refractivity contribution < 1.29 is 9.53 Å². The number of nitrogens with zero attached hydrogens (tertiary/aromatic N) is 2. The van der Waals surface area contributed by atoms with Crippen LogP contribution in [0.3, 0.4) is 0 Å². The van der Waals surface area contributed by atoms with E-state index < -0.39 is 0 Å². The van der Waals surface area contributed by atoms with E-state index in [1.165, 1.54) is 0 Å². The third-order valence-electron chi connectivity index (χ3n) is 4.03. The van der Waals surface area contributed by atoms with Crippen molar-refractivity contribution in [2.24, 2.45) is 0 Å². The van der Waals surface area contributed by atoms with E-state index in [9.17, 15) is 4.79 Å². The minimum atomic E-state index is -0.123. The van der Waals surface area contributed by atoms with Crippen molar-refractivity contribution in [2.45, 2.75) is 6.54 Å². The van der Waals surface area contributed by atoms with Gasteiger partial charge in [0.25, 0.3) is 5.91 Å². The maximum Gasteiger partial charge on any atom is 0.250 e. The zero-order valence-corrected chi connectivity index (χ0v) is 13.6. The van der Waals surface area contributed by atoms with Crippen molar-refractivity contribution in [2.75, 3.05) is 6.61 Å². The maximum absolute atomic E-state index is 12.4. The Balaban J connectivity index is 1.42. The predicted octanol–water partition coefficient (Wildman–Crippen LogP) is 2.96. The molecule has 2 heterocycles. The van der Waals surface area contributed by atoms with Gasteiger partial charge in [-0.3, -0.25) is 4.79 Å². The summed E-state index contributed by atoms with van der Waals surface area (Å²) in [5.74, 6) is 0.685. The Morgan fingerprint density at radius 3 is 2.80 bits per heavy atom. The average Bonchev–Trinajstić information content (AvgIpc) is 3.15. The number of fused-ring (bicyclic) bond motifs is 1. The summed E-state index contributed by atoms with van der Waals surface area (Å²) in [6.45, 7) is 0.705. The molecule has 5 heteroatoms. The number of ether oxygens (including phenoxy) is 1. The van der Waals surface area contributed by atoms with Crippen LogP contribution in [0, 0.1) is 0 Å². The summed E-state index contributed by atoms with van der Waals surface area (Å²) in [6.07, 6.45) is 5.55. The van der Waals surface area contributed by atoms with E-state index in [-0.39, 0.29) is 12.5 Å². The Kier molecular flexibility index (Phi) is 4.04. The van der Waals surface area contributed by atoms with Crippen LogP contribution in [0.4, 0.5) is 0 Å². The number of rotatable bonds is 4. The fraction of sp³-hybridized carbons (Fsp3) is 0.100. The molecule has 0 unspecified atom stereocenters. The van der Waals surface area contributed by atoms with Gasteiger partial charge in [0.15, 0.2) is 0 Å². The minimum absolute atomic E-state index is 0.123. The fourth-order valence-electron chi connectivity index (χ4n) is 2.72. The molecule has 25 heavy (non-hydrogen) atoms. The quantitative estimate of drug-likeness (QED) is 0.800. The van der Waals surface area contributed by atoms with Crippen LogP contribution in [0.25, 0.3) is 11.8 Å². The van der Waals surface area contributed by atoms with Crippen molar-refractivity contribution in [1.29, 1.82) is 0 Å². The minimum Gasteiger partial charge on any atom is -0.488 e. The van der Waals surface area contributed by atoms with Gasteiger partial charge in [0.1, 0.15) is 12.4 Å². The van der Waals surface area contributed by atoms with Crippen LogP contribution in [0.15, 0.2) is 72.6 Å². The summed E-state index contributed by atoms with van der Waals surface area (Å²) in [4.78, 5) is 12.4.